The average molecular weight is 487 g/mol. The van der Waals surface area contributed by atoms with Gasteiger partial charge < -0.3 is 4.57 Å². The van der Waals surface area contributed by atoms with Crippen LogP contribution in [0, 0.1) is 0 Å². The summed E-state index contributed by atoms with van der Waals surface area (Å²) in [4.78, 5) is 33.2. The van der Waals surface area contributed by atoms with Crippen molar-refractivity contribution in [2.75, 3.05) is 12.3 Å². The number of rotatable bonds is 6. The molecule has 1 saturated heterocycles. The van der Waals surface area contributed by atoms with Crippen molar-refractivity contribution in [1.29, 1.82) is 0 Å². The Bertz CT molecular complexity index is 1150. The molecular weight excluding hydrogens is 473 g/mol. The van der Waals surface area contributed by atoms with Crippen LogP contribution in [0.4, 0.5) is 18.0 Å². The summed E-state index contributed by atoms with van der Waals surface area (Å²) >= 11 is 8.10. The lowest BCUT2D eigenvalue weighted by molar-refractivity contribution is -0.137. The Morgan fingerprint density at radius 1 is 1.19 bits per heavy atom. The minimum absolute atomic E-state index is 0.122. The van der Waals surface area contributed by atoms with Gasteiger partial charge in [-0.3, -0.25) is 14.5 Å². The van der Waals surface area contributed by atoms with E-state index in [9.17, 15) is 22.8 Å². The molecule has 1 aliphatic rings. The maximum absolute atomic E-state index is 12.9. The highest BCUT2D eigenvalue weighted by molar-refractivity contribution is 8.14. The number of aryl methyl sites for hydroxylation is 1. The number of imidazole rings is 1. The van der Waals surface area contributed by atoms with Crippen LogP contribution in [0.3, 0.4) is 0 Å². The minimum atomic E-state index is -4.53. The number of nitrogens with zero attached hydrogens (tertiary/aromatic N) is 4. The monoisotopic (exact) mass is 486 g/mol. The van der Waals surface area contributed by atoms with Crippen LogP contribution in [0.5, 0.6) is 0 Å². The highest BCUT2D eigenvalue weighted by Crippen LogP contribution is 2.37. The van der Waals surface area contributed by atoms with E-state index >= 15 is 0 Å². The second kappa shape index (κ2) is 8.71. The third-order valence-electron chi connectivity index (χ3n) is 4.55. The maximum Gasteiger partial charge on any atom is 0.417 e. The van der Waals surface area contributed by atoms with E-state index in [0.717, 1.165) is 41.3 Å². The molecule has 0 unspecified atom stereocenters. The van der Waals surface area contributed by atoms with Crippen LogP contribution in [0.2, 0.25) is 5.02 Å². The number of carbonyl (C=O) groups is 2. The van der Waals surface area contributed by atoms with Crippen LogP contribution in [0.1, 0.15) is 12.0 Å². The Morgan fingerprint density at radius 2 is 1.97 bits per heavy atom. The van der Waals surface area contributed by atoms with E-state index in [-0.39, 0.29) is 33.5 Å². The molecule has 0 bridgehead atoms. The molecule has 6 nitrogen and oxygen atoms in total. The fourth-order valence-electron chi connectivity index (χ4n) is 3.07. The smallest absolute Gasteiger partial charge is 0.319 e. The van der Waals surface area contributed by atoms with Crippen molar-refractivity contribution in [3.05, 3.63) is 47.1 Å². The number of carbonyl (C=O) groups excluding carboxylic acids is 2. The van der Waals surface area contributed by atoms with Gasteiger partial charge in [-0.05, 0) is 36.4 Å². The molecule has 31 heavy (non-hydrogen) atoms. The minimum Gasteiger partial charge on any atom is -0.319 e. The predicted molar refractivity (Wildman–Crippen MR) is 112 cm³/mol. The zero-order valence-corrected chi connectivity index (χ0v) is 18.1. The second-order valence-corrected chi connectivity index (χ2v) is 8.89. The predicted octanol–water partition coefficient (Wildman–Crippen LogP) is 5.34. The number of hydrogen-bond acceptors (Lipinski definition) is 6. The van der Waals surface area contributed by atoms with Gasteiger partial charge in [0.05, 0.1) is 27.4 Å². The van der Waals surface area contributed by atoms with Gasteiger partial charge in [0.1, 0.15) is 5.03 Å². The molecule has 0 saturated carbocycles. The van der Waals surface area contributed by atoms with Crippen molar-refractivity contribution < 1.29 is 22.8 Å². The molecule has 2 aromatic heterocycles. The summed E-state index contributed by atoms with van der Waals surface area (Å²) in [7, 11) is 0. The van der Waals surface area contributed by atoms with E-state index in [2.05, 4.69) is 9.97 Å². The molecule has 1 fully saturated rings. The van der Waals surface area contributed by atoms with Gasteiger partial charge >= 0.3 is 6.18 Å². The molecule has 0 spiro atoms. The normalized spacial score (nSPS) is 14.8. The molecule has 2 amide bonds. The van der Waals surface area contributed by atoms with Gasteiger partial charge in [0.2, 0.25) is 5.91 Å². The van der Waals surface area contributed by atoms with Crippen molar-refractivity contribution in [2.45, 2.75) is 29.3 Å². The molecule has 3 aromatic rings. The number of fused-ring (bicyclic) bond motifs is 1. The Kier molecular flexibility index (Phi) is 6.18. The number of aromatic nitrogens is 3. The number of para-hydroxylation sites is 2. The van der Waals surface area contributed by atoms with Crippen molar-refractivity contribution >= 4 is 57.3 Å². The SMILES string of the molecule is O=C1CSC(=O)N1CCCn1c(Sc2ncc(C(F)(F)F)cc2Cl)nc2ccccc21. The number of alkyl halides is 3. The largest absolute Gasteiger partial charge is 0.417 e. The molecule has 12 heteroatoms. The number of halogens is 4. The third kappa shape index (κ3) is 4.68. The van der Waals surface area contributed by atoms with Crippen LogP contribution in [0.25, 0.3) is 11.0 Å². The van der Waals surface area contributed by atoms with Gasteiger partial charge in [0.15, 0.2) is 5.16 Å². The highest BCUT2D eigenvalue weighted by Gasteiger charge is 2.32. The lowest BCUT2D eigenvalue weighted by Gasteiger charge is -2.14. The van der Waals surface area contributed by atoms with Gasteiger partial charge in [0, 0.05) is 19.3 Å². The van der Waals surface area contributed by atoms with Crippen LogP contribution in [-0.2, 0) is 17.5 Å². The number of pyridine rings is 1. The van der Waals surface area contributed by atoms with E-state index < -0.39 is 11.7 Å². The molecule has 162 valence electrons. The number of benzene rings is 1. The number of amides is 2. The molecule has 4 rings (SSSR count). The second-order valence-electron chi connectivity index (χ2n) is 6.60. The van der Waals surface area contributed by atoms with Crippen LogP contribution < -0.4 is 0 Å². The first-order chi connectivity index (χ1) is 14.7. The highest BCUT2D eigenvalue weighted by atomic mass is 35.5. The van der Waals surface area contributed by atoms with E-state index in [4.69, 9.17) is 11.6 Å². The summed E-state index contributed by atoms with van der Waals surface area (Å²) in [6, 6.07) is 8.21. The van der Waals surface area contributed by atoms with Gasteiger partial charge in [-0.15, -0.1) is 0 Å². The van der Waals surface area contributed by atoms with Crippen molar-refractivity contribution in [1.82, 2.24) is 19.4 Å². The first-order valence-electron chi connectivity index (χ1n) is 9.07. The zero-order valence-electron chi connectivity index (χ0n) is 15.7. The number of thioether (sulfide) groups is 1. The summed E-state index contributed by atoms with van der Waals surface area (Å²) in [6.45, 7) is 0.726. The first kappa shape index (κ1) is 22.0. The molecule has 3 heterocycles. The Labute approximate surface area is 188 Å². The quantitative estimate of drug-likeness (QED) is 0.468. The fourth-order valence-corrected chi connectivity index (χ4v) is 4.99. The van der Waals surface area contributed by atoms with Crippen molar-refractivity contribution in [3.63, 3.8) is 0 Å². The molecule has 0 atom stereocenters. The third-order valence-corrected chi connectivity index (χ3v) is 6.82. The molecule has 0 N–H and O–H groups in total. The Balaban J connectivity index is 1.58. The van der Waals surface area contributed by atoms with E-state index in [1.165, 1.54) is 4.90 Å². The topological polar surface area (TPSA) is 68.1 Å². The van der Waals surface area contributed by atoms with E-state index in [1.54, 1.807) is 0 Å². The van der Waals surface area contributed by atoms with Crippen molar-refractivity contribution in [3.8, 4) is 0 Å². The molecule has 0 aliphatic carbocycles. The summed E-state index contributed by atoms with van der Waals surface area (Å²) in [5.41, 5.74) is 0.603. The maximum atomic E-state index is 12.9. The van der Waals surface area contributed by atoms with Gasteiger partial charge in [-0.1, -0.05) is 35.5 Å². The summed E-state index contributed by atoms with van der Waals surface area (Å²) < 4.78 is 40.5. The van der Waals surface area contributed by atoms with Crippen LogP contribution >= 0.6 is 35.1 Å². The molecule has 1 aliphatic heterocycles. The van der Waals surface area contributed by atoms with E-state index in [1.807, 2.05) is 28.8 Å². The Morgan fingerprint density at radius 3 is 2.65 bits per heavy atom. The molecule has 0 radical (unpaired) electrons. The zero-order chi connectivity index (χ0) is 22.2. The summed E-state index contributed by atoms with van der Waals surface area (Å²) in [5, 5.41) is 0.330. The lowest BCUT2D eigenvalue weighted by Crippen LogP contribution is -2.30. The fraction of sp³-hybridized carbons (Fsp3) is 0.263. The molecular formula is C19H14ClF3N4O2S2. The standard InChI is InChI=1S/C19H14ClF3N4O2S2/c20-12-8-11(19(21,22)23)9-24-16(12)31-17-25-13-4-1-2-5-14(13)26(17)6-3-7-27-15(28)10-30-18(27)29/h1-2,4-5,8-9H,3,6-7,10H2. The summed E-state index contributed by atoms with van der Waals surface area (Å²) in [5.74, 6) is -0.0488. The molecule has 1 aromatic carbocycles. The van der Waals surface area contributed by atoms with Gasteiger partial charge in [-0.2, -0.15) is 13.2 Å². The van der Waals surface area contributed by atoms with Crippen LogP contribution in [-0.4, -0.2) is 42.9 Å². The van der Waals surface area contributed by atoms with E-state index in [0.29, 0.717) is 23.6 Å². The lowest BCUT2D eigenvalue weighted by atomic mass is 10.3. The Hall–Kier alpha value is -2.24. The average Bonchev–Trinajstić information content (AvgIpc) is 3.23. The van der Waals surface area contributed by atoms with Crippen LogP contribution in [0.15, 0.2) is 46.7 Å². The van der Waals surface area contributed by atoms with Gasteiger partial charge in [-0.25, -0.2) is 9.97 Å². The number of hydrogen-bond donors (Lipinski definition) is 0. The van der Waals surface area contributed by atoms with Gasteiger partial charge in [0.25, 0.3) is 5.24 Å². The van der Waals surface area contributed by atoms with Crippen molar-refractivity contribution in [2.24, 2.45) is 0 Å². The number of imide groups is 1. The first-order valence-corrected chi connectivity index (χ1v) is 11.2. The summed E-state index contributed by atoms with van der Waals surface area (Å²) in [6.07, 6.45) is -3.29.